The van der Waals surface area contributed by atoms with Crippen molar-refractivity contribution in [2.75, 3.05) is 0 Å². The van der Waals surface area contributed by atoms with Gasteiger partial charge in [0.05, 0.1) is 0 Å². The topological polar surface area (TPSA) is 58.9 Å². The van der Waals surface area contributed by atoms with Crippen molar-refractivity contribution in [1.29, 1.82) is 0 Å². The molecule has 0 radical (unpaired) electrons. The Hall–Kier alpha value is -2.02. The predicted molar refractivity (Wildman–Crippen MR) is 65.4 cm³/mol. The quantitative estimate of drug-likeness (QED) is 0.578. The van der Waals surface area contributed by atoms with Gasteiger partial charge in [-0.25, -0.2) is 9.59 Å². The molecule has 0 fully saturated rings. The minimum absolute atomic E-state index is 0.198. The molecule has 0 saturated heterocycles. The molecule has 0 heterocycles. The van der Waals surface area contributed by atoms with Crippen molar-refractivity contribution >= 4 is 23.5 Å². The van der Waals surface area contributed by atoms with Gasteiger partial charge in [0, 0.05) is 0 Å². The Bertz CT molecular complexity index is 529. The monoisotopic (exact) mass is 230 g/mol. The standard InChI is InChI=1S/C13H14N2O2/c1-9-5-6-10(13(2,3)4)12(15-8-17)11(9)14-7-16/h5-6H,1-4H3. The summed E-state index contributed by atoms with van der Waals surface area (Å²) in [7, 11) is 0. The average molecular weight is 230 g/mol. The zero-order valence-corrected chi connectivity index (χ0v) is 10.4. The molecular weight excluding hydrogens is 216 g/mol. The van der Waals surface area contributed by atoms with Crippen LogP contribution >= 0.6 is 0 Å². The van der Waals surface area contributed by atoms with Crippen molar-refractivity contribution in [3.05, 3.63) is 23.3 Å². The Balaban J connectivity index is 3.70. The van der Waals surface area contributed by atoms with E-state index in [1.54, 1.807) is 6.92 Å². The summed E-state index contributed by atoms with van der Waals surface area (Å²) in [5.74, 6) is 0. The van der Waals surface area contributed by atoms with E-state index in [4.69, 9.17) is 0 Å². The highest BCUT2D eigenvalue weighted by Gasteiger charge is 2.21. The van der Waals surface area contributed by atoms with E-state index in [1.165, 1.54) is 12.2 Å². The Morgan fingerprint density at radius 3 is 2.00 bits per heavy atom. The maximum absolute atomic E-state index is 10.5. The first kappa shape index (κ1) is 13.0. The third kappa shape index (κ3) is 2.76. The van der Waals surface area contributed by atoms with E-state index < -0.39 is 0 Å². The Kier molecular flexibility index (Phi) is 3.74. The molecule has 0 N–H and O–H groups in total. The van der Waals surface area contributed by atoms with Crippen molar-refractivity contribution in [2.24, 2.45) is 9.98 Å². The summed E-state index contributed by atoms with van der Waals surface area (Å²) in [5.41, 5.74) is 2.21. The van der Waals surface area contributed by atoms with Crippen LogP contribution in [0.25, 0.3) is 0 Å². The molecule has 0 spiro atoms. The molecule has 1 aromatic carbocycles. The van der Waals surface area contributed by atoms with Crippen molar-refractivity contribution in [3.8, 4) is 0 Å². The normalized spacial score (nSPS) is 10.4. The molecule has 0 aliphatic carbocycles. The molecule has 4 nitrogen and oxygen atoms in total. The third-order valence-corrected chi connectivity index (χ3v) is 2.48. The number of rotatable bonds is 2. The lowest BCUT2D eigenvalue weighted by molar-refractivity contribution is 0.563. The maximum Gasteiger partial charge on any atom is 0.240 e. The number of carbonyl (C=O) groups excluding carboxylic acids is 2. The van der Waals surface area contributed by atoms with E-state index in [-0.39, 0.29) is 5.41 Å². The molecule has 0 saturated carbocycles. The number of benzene rings is 1. The van der Waals surface area contributed by atoms with Crippen LogP contribution in [0.5, 0.6) is 0 Å². The second-order valence-electron chi connectivity index (χ2n) is 4.78. The SMILES string of the molecule is Cc1ccc(C(C)(C)C)c(N=C=O)c1N=C=O. The summed E-state index contributed by atoms with van der Waals surface area (Å²) in [4.78, 5) is 28.2. The van der Waals surface area contributed by atoms with Gasteiger partial charge < -0.3 is 0 Å². The predicted octanol–water partition coefficient (Wildman–Crippen LogP) is 3.23. The highest BCUT2D eigenvalue weighted by molar-refractivity contribution is 5.75. The van der Waals surface area contributed by atoms with Crippen molar-refractivity contribution in [2.45, 2.75) is 33.1 Å². The fourth-order valence-electron chi connectivity index (χ4n) is 1.63. The van der Waals surface area contributed by atoms with E-state index in [2.05, 4.69) is 9.98 Å². The van der Waals surface area contributed by atoms with Gasteiger partial charge in [-0.05, 0) is 23.5 Å². The highest BCUT2D eigenvalue weighted by atomic mass is 16.1. The summed E-state index contributed by atoms with van der Waals surface area (Å²) < 4.78 is 0. The van der Waals surface area contributed by atoms with Crippen LogP contribution in [0.2, 0.25) is 0 Å². The van der Waals surface area contributed by atoms with Crippen LogP contribution in [0.1, 0.15) is 31.9 Å². The maximum atomic E-state index is 10.5. The van der Waals surface area contributed by atoms with Gasteiger partial charge in [0.25, 0.3) is 0 Å². The lowest BCUT2D eigenvalue weighted by Gasteiger charge is -2.21. The van der Waals surface area contributed by atoms with Crippen LogP contribution in [0.3, 0.4) is 0 Å². The molecule has 0 unspecified atom stereocenters. The first-order chi connectivity index (χ1) is 7.91. The fourth-order valence-corrected chi connectivity index (χ4v) is 1.63. The summed E-state index contributed by atoms with van der Waals surface area (Å²) >= 11 is 0. The van der Waals surface area contributed by atoms with E-state index >= 15 is 0 Å². The van der Waals surface area contributed by atoms with Crippen molar-refractivity contribution in [1.82, 2.24) is 0 Å². The van der Waals surface area contributed by atoms with Gasteiger partial charge in [0.1, 0.15) is 11.4 Å². The van der Waals surface area contributed by atoms with Gasteiger partial charge in [0.15, 0.2) is 0 Å². The molecule has 0 bridgehead atoms. The van der Waals surface area contributed by atoms with Gasteiger partial charge >= 0.3 is 0 Å². The molecule has 88 valence electrons. The molecule has 0 aromatic heterocycles. The van der Waals surface area contributed by atoms with Crippen LogP contribution in [-0.2, 0) is 15.0 Å². The van der Waals surface area contributed by atoms with Crippen LogP contribution in [0.15, 0.2) is 22.1 Å². The first-order valence-corrected chi connectivity index (χ1v) is 5.21. The summed E-state index contributed by atoms with van der Waals surface area (Å²) in [5, 5.41) is 0. The summed E-state index contributed by atoms with van der Waals surface area (Å²) in [6.07, 6.45) is 3.00. The Labute approximate surface area is 100 Å². The smallest absolute Gasteiger partial charge is 0.211 e. The molecule has 1 aromatic rings. The highest BCUT2D eigenvalue weighted by Crippen LogP contribution is 2.40. The fraction of sp³-hybridized carbons (Fsp3) is 0.385. The van der Waals surface area contributed by atoms with Gasteiger partial charge in [0.2, 0.25) is 12.2 Å². The molecule has 0 atom stereocenters. The van der Waals surface area contributed by atoms with Crippen LogP contribution in [0.4, 0.5) is 11.4 Å². The van der Waals surface area contributed by atoms with Crippen LogP contribution in [-0.4, -0.2) is 12.2 Å². The molecular formula is C13H14N2O2. The number of aliphatic imine (C=N–C) groups is 2. The van der Waals surface area contributed by atoms with Crippen LogP contribution in [0, 0.1) is 6.92 Å². The second kappa shape index (κ2) is 4.88. The Morgan fingerprint density at radius 1 is 1.00 bits per heavy atom. The minimum Gasteiger partial charge on any atom is -0.211 e. The van der Waals surface area contributed by atoms with Crippen LogP contribution < -0.4 is 0 Å². The van der Waals surface area contributed by atoms with Gasteiger partial charge in [-0.1, -0.05) is 32.9 Å². The number of hydrogen-bond acceptors (Lipinski definition) is 4. The van der Waals surface area contributed by atoms with Crippen molar-refractivity contribution in [3.63, 3.8) is 0 Å². The molecule has 1 rings (SSSR count). The zero-order valence-electron chi connectivity index (χ0n) is 10.4. The molecule has 0 aliphatic heterocycles. The number of isocyanates is 2. The average Bonchev–Trinajstić information content (AvgIpc) is 2.22. The molecule has 4 heteroatoms. The third-order valence-electron chi connectivity index (χ3n) is 2.48. The Morgan fingerprint density at radius 2 is 1.53 bits per heavy atom. The van der Waals surface area contributed by atoms with Gasteiger partial charge in [-0.3, -0.25) is 0 Å². The van der Waals surface area contributed by atoms with Gasteiger partial charge in [-0.15, -0.1) is 0 Å². The first-order valence-electron chi connectivity index (χ1n) is 5.21. The second-order valence-corrected chi connectivity index (χ2v) is 4.78. The largest absolute Gasteiger partial charge is 0.240 e. The zero-order chi connectivity index (χ0) is 13.1. The summed E-state index contributed by atoms with van der Waals surface area (Å²) in [6, 6.07) is 3.73. The van der Waals surface area contributed by atoms with Gasteiger partial charge in [-0.2, -0.15) is 9.98 Å². The van der Waals surface area contributed by atoms with E-state index in [0.717, 1.165) is 11.1 Å². The number of nitrogens with zero attached hydrogens (tertiary/aromatic N) is 2. The van der Waals surface area contributed by atoms with E-state index in [9.17, 15) is 9.59 Å². The number of hydrogen-bond donors (Lipinski definition) is 0. The lowest BCUT2D eigenvalue weighted by atomic mass is 9.84. The van der Waals surface area contributed by atoms with E-state index in [1.807, 2.05) is 32.9 Å². The number of aryl methyl sites for hydroxylation is 1. The minimum atomic E-state index is -0.198. The van der Waals surface area contributed by atoms with E-state index in [0.29, 0.717) is 11.4 Å². The summed E-state index contributed by atoms with van der Waals surface area (Å²) in [6.45, 7) is 7.79. The van der Waals surface area contributed by atoms with Crippen molar-refractivity contribution < 1.29 is 9.59 Å². The lowest BCUT2D eigenvalue weighted by Crippen LogP contribution is -2.11. The molecule has 17 heavy (non-hydrogen) atoms. The molecule has 0 aliphatic rings. The molecule has 0 amide bonds.